The Morgan fingerprint density at radius 2 is 2.19 bits per heavy atom. The van der Waals surface area contributed by atoms with E-state index in [9.17, 15) is 9.59 Å². The topological polar surface area (TPSA) is 73.3 Å². The lowest BCUT2D eigenvalue weighted by Gasteiger charge is -2.32. The molecule has 1 saturated heterocycles. The quantitative estimate of drug-likeness (QED) is 0.688. The van der Waals surface area contributed by atoms with Crippen molar-refractivity contribution in [2.45, 2.75) is 38.8 Å². The van der Waals surface area contributed by atoms with Crippen molar-refractivity contribution in [2.75, 3.05) is 13.1 Å². The maximum absolute atomic E-state index is 12.9. The van der Waals surface area contributed by atoms with Crippen molar-refractivity contribution >= 4 is 28.6 Å². The summed E-state index contributed by atoms with van der Waals surface area (Å²) in [5, 5.41) is 4.79. The normalized spacial score (nSPS) is 17.8. The van der Waals surface area contributed by atoms with Crippen molar-refractivity contribution < 1.29 is 9.21 Å². The number of amides is 1. The van der Waals surface area contributed by atoms with Gasteiger partial charge in [-0.25, -0.2) is 4.79 Å². The summed E-state index contributed by atoms with van der Waals surface area (Å²) in [6, 6.07) is 5.17. The lowest BCUT2D eigenvalue weighted by molar-refractivity contribution is 0.0677. The molecule has 0 saturated carbocycles. The van der Waals surface area contributed by atoms with Crippen molar-refractivity contribution in [1.82, 2.24) is 19.2 Å². The van der Waals surface area contributed by atoms with Gasteiger partial charge in [0.15, 0.2) is 5.58 Å². The molecule has 8 heteroatoms. The molecule has 1 aliphatic heterocycles. The molecule has 0 radical (unpaired) electrons. The van der Waals surface area contributed by atoms with Gasteiger partial charge < -0.3 is 9.32 Å². The first-order valence-electron chi connectivity index (χ1n) is 9.08. The summed E-state index contributed by atoms with van der Waals surface area (Å²) in [7, 11) is 0. The Morgan fingerprint density at radius 3 is 2.93 bits per heavy atom. The van der Waals surface area contributed by atoms with Crippen LogP contribution in [0.3, 0.4) is 0 Å². The van der Waals surface area contributed by atoms with E-state index in [1.54, 1.807) is 44.7 Å². The lowest BCUT2D eigenvalue weighted by Crippen LogP contribution is -2.42. The van der Waals surface area contributed by atoms with Crippen LogP contribution in [0.1, 0.15) is 49.1 Å². The van der Waals surface area contributed by atoms with Gasteiger partial charge in [-0.05, 0) is 44.9 Å². The SMILES string of the molecule is CC(C)n1cc(C(=O)N2CCC[C@@H](n3c(=O)oc4ccc(Cl)cc43)C2)cn1. The predicted octanol–water partition coefficient (Wildman–Crippen LogP) is 3.50. The molecule has 0 bridgehead atoms. The van der Waals surface area contributed by atoms with Gasteiger partial charge in [0, 0.05) is 30.4 Å². The van der Waals surface area contributed by atoms with Crippen molar-refractivity contribution in [3.63, 3.8) is 0 Å². The predicted molar refractivity (Wildman–Crippen MR) is 102 cm³/mol. The van der Waals surface area contributed by atoms with Crippen LogP contribution in [0.4, 0.5) is 0 Å². The fourth-order valence-electron chi connectivity index (χ4n) is 3.62. The Balaban J connectivity index is 1.61. The minimum atomic E-state index is -0.417. The van der Waals surface area contributed by atoms with Gasteiger partial charge in [0.2, 0.25) is 0 Å². The third kappa shape index (κ3) is 3.27. The summed E-state index contributed by atoms with van der Waals surface area (Å²) in [5.74, 6) is -0.482. The number of carbonyl (C=O) groups is 1. The zero-order valence-corrected chi connectivity index (χ0v) is 16.0. The summed E-state index contributed by atoms with van der Waals surface area (Å²) >= 11 is 6.09. The number of halogens is 1. The van der Waals surface area contributed by atoms with Gasteiger partial charge in [-0.3, -0.25) is 14.0 Å². The second kappa shape index (κ2) is 6.88. The zero-order chi connectivity index (χ0) is 19.1. The first-order chi connectivity index (χ1) is 12.9. The first kappa shape index (κ1) is 17.9. The van der Waals surface area contributed by atoms with E-state index in [1.165, 1.54) is 0 Å². The Kier molecular flexibility index (Phi) is 4.55. The van der Waals surface area contributed by atoms with E-state index < -0.39 is 5.76 Å². The molecular formula is C19H21ClN4O3. The van der Waals surface area contributed by atoms with Gasteiger partial charge in [-0.1, -0.05) is 11.6 Å². The van der Waals surface area contributed by atoms with Gasteiger partial charge in [0.25, 0.3) is 5.91 Å². The van der Waals surface area contributed by atoms with Crippen LogP contribution >= 0.6 is 11.6 Å². The molecule has 3 heterocycles. The molecule has 2 aromatic heterocycles. The molecule has 0 N–H and O–H groups in total. The van der Waals surface area contributed by atoms with Crippen molar-refractivity contribution in [2.24, 2.45) is 0 Å². The maximum atomic E-state index is 12.9. The van der Waals surface area contributed by atoms with Crippen LogP contribution in [0.5, 0.6) is 0 Å². The maximum Gasteiger partial charge on any atom is 0.420 e. The Labute approximate surface area is 161 Å². The van der Waals surface area contributed by atoms with Crippen molar-refractivity contribution in [1.29, 1.82) is 0 Å². The number of likely N-dealkylation sites (tertiary alicyclic amines) is 1. The fraction of sp³-hybridized carbons (Fsp3) is 0.421. The van der Waals surface area contributed by atoms with Gasteiger partial charge in [0.1, 0.15) is 0 Å². The molecule has 0 spiro atoms. The van der Waals surface area contributed by atoms with E-state index in [4.69, 9.17) is 16.0 Å². The molecule has 7 nitrogen and oxygen atoms in total. The minimum Gasteiger partial charge on any atom is -0.408 e. The lowest BCUT2D eigenvalue weighted by atomic mass is 10.0. The molecule has 1 aliphatic rings. The molecule has 1 fully saturated rings. The van der Waals surface area contributed by atoms with Crippen LogP contribution in [0.15, 0.2) is 39.8 Å². The number of aromatic nitrogens is 3. The second-order valence-corrected chi connectivity index (χ2v) is 7.64. The van der Waals surface area contributed by atoms with Crippen LogP contribution in [0, 0.1) is 0 Å². The number of fused-ring (bicyclic) bond motifs is 1. The molecule has 3 aromatic rings. The van der Waals surface area contributed by atoms with Crippen LogP contribution in [-0.4, -0.2) is 38.2 Å². The summed E-state index contributed by atoms with van der Waals surface area (Å²) in [4.78, 5) is 27.1. The van der Waals surface area contributed by atoms with Crippen molar-refractivity contribution in [3.05, 3.63) is 51.7 Å². The molecule has 1 amide bonds. The van der Waals surface area contributed by atoms with E-state index in [2.05, 4.69) is 5.10 Å². The van der Waals surface area contributed by atoms with Gasteiger partial charge in [-0.2, -0.15) is 5.10 Å². The molecule has 27 heavy (non-hydrogen) atoms. The third-order valence-corrected chi connectivity index (χ3v) is 5.24. The first-order valence-corrected chi connectivity index (χ1v) is 9.46. The highest BCUT2D eigenvalue weighted by Gasteiger charge is 2.29. The van der Waals surface area contributed by atoms with Crippen LogP contribution < -0.4 is 5.76 Å². The van der Waals surface area contributed by atoms with E-state index >= 15 is 0 Å². The smallest absolute Gasteiger partial charge is 0.408 e. The summed E-state index contributed by atoms with van der Waals surface area (Å²) < 4.78 is 8.74. The number of nitrogens with zero attached hydrogens (tertiary/aromatic N) is 4. The average Bonchev–Trinajstić information content (AvgIpc) is 3.25. The third-order valence-electron chi connectivity index (χ3n) is 5.00. The van der Waals surface area contributed by atoms with Gasteiger partial charge in [0.05, 0.1) is 23.3 Å². The Bertz CT molecular complexity index is 1050. The molecule has 1 atom stereocenters. The van der Waals surface area contributed by atoms with Crippen LogP contribution in [-0.2, 0) is 0 Å². The Morgan fingerprint density at radius 1 is 1.37 bits per heavy atom. The van der Waals surface area contributed by atoms with E-state index in [0.717, 1.165) is 12.8 Å². The number of rotatable bonds is 3. The summed E-state index contributed by atoms with van der Waals surface area (Å²) in [6.45, 7) is 5.14. The highest BCUT2D eigenvalue weighted by Crippen LogP contribution is 2.27. The largest absolute Gasteiger partial charge is 0.420 e. The highest BCUT2D eigenvalue weighted by atomic mass is 35.5. The van der Waals surface area contributed by atoms with Gasteiger partial charge in [-0.15, -0.1) is 0 Å². The van der Waals surface area contributed by atoms with E-state index in [1.807, 2.05) is 13.8 Å². The van der Waals surface area contributed by atoms with Crippen LogP contribution in [0.2, 0.25) is 5.02 Å². The number of hydrogen-bond donors (Lipinski definition) is 0. The second-order valence-electron chi connectivity index (χ2n) is 7.20. The molecule has 0 unspecified atom stereocenters. The monoisotopic (exact) mass is 388 g/mol. The van der Waals surface area contributed by atoms with E-state index in [0.29, 0.717) is 34.8 Å². The van der Waals surface area contributed by atoms with Crippen LogP contribution in [0.25, 0.3) is 11.1 Å². The molecule has 0 aliphatic carbocycles. The Hall–Kier alpha value is -2.54. The number of carbonyl (C=O) groups excluding carboxylic acids is 1. The molecule has 142 valence electrons. The molecular weight excluding hydrogens is 368 g/mol. The number of piperidine rings is 1. The number of oxazole rings is 1. The zero-order valence-electron chi connectivity index (χ0n) is 15.3. The molecule has 1 aromatic carbocycles. The molecule has 4 rings (SSSR count). The summed E-state index contributed by atoms with van der Waals surface area (Å²) in [5.41, 5.74) is 1.74. The minimum absolute atomic E-state index is 0.0644. The van der Waals surface area contributed by atoms with Gasteiger partial charge >= 0.3 is 5.76 Å². The highest BCUT2D eigenvalue weighted by molar-refractivity contribution is 6.31. The standard InChI is InChI=1S/C19H21ClN4O3/c1-12(2)23-10-13(9-21-23)18(25)22-7-3-4-15(11-22)24-16-8-14(20)5-6-17(16)27-19(24)26/h5-6,8-10,12,15H,3-4,7,11H2,1-2H3/t15-/m1/s1. The average molecular weight is 389 g/mol. The van der Waals surface area contributed by atoms with Crippen molar-refractivity contribution in [3.8, 4) is 0 Å². The fourth-order valence-corrected chi connectivity index (χ4v) is 3.78. The number of benzene rings is 1. The van der Waals surface area contributed by atoms with E-state index in [-0.39, 0.29) is 18.0 Å². The number of hydrogen-bond acceptors (Lipinski definition) is 4. The summed E-state index contributed by atoms with van der Waals surface area (Å²) in [6.07, 6.45) is 4.99.